The van der Waals surface area contributed by atoms with Crippen LogP contribution in [0.4, 0.5) is 0 Å². The summed E-state index contributed by atoms with van der Waals surface area (Å²) < 4.78 is 24.5. The number of sulfonamides is 1. The number of hydrogen-bond donors (Lipinski definition) is 2. The van der Waals surface area contributed by atoms with E-state index in [2.05, 4.69) is 9.71 Å². The standard InChI is InChI=1S/C13H16Cl2N2O2S/c1-8-9(4-3-7-16-20(2,18)19)10-5-6-11(14)12(15)13(10)17-8/h5-6,16-17H,3-4,7H2,1-2H3. The van der Waals surface area contributed by atoms with E-state index >= 15 is 0 Å². The van der Waals surface area contributed by atoms with Crippen LogP contribution in [-0.2, 0) is 16.4 Å². The van der Waals surface area contributed by atoms with Gasteiger partial charge in [-0.15, -0.1) is 0 Å². The SMILES string of the molecule is Cc1[nH]c2c(Cl)c(Cl)ccc2c1CCCNS(C)(=O)=O. The van der Waals surface area contributed by atoms with Crippen molar-refractivity contribution in [2.45, 2.75) is 19.8 Å². The van der Waals surface area contributed by atoms with Crippen molar-refractivity contribution in [1.29, 1.82) is 0 Å². The molecule has 0 aliphatic heterocycles. The van der Waals surface area contributed by atoms with E-state index in [9.17, 15) is 8.42 Å². The van der Waals surface area contributed by atoms with Crippen molar-refractivity contribution in [3.8, 4) is 0 Å². The lowest BCUT2D eigenvalue weighted by atomic mass is 10.1. The predicted molar refractivity (Wildman–Crippen MR) is 84.2 cm³/mol. The molecular weight excluding hydrogens is 319 g/mol. The molecule has 0 radical (unpaired) electrons. The Hall–Kier alpha value is -0.750. The first-order chi connectivity index (χ1) is 9.29. The third-order valence-corrected chi connectivity index (χ3v) is 4.69. The number of H-pyrrole nitrogens is 1. The Labute approximate surface area is 128 Å². The van der Waals surface area contributed by atoms with Gasteiger partial charge in [0.2, 0.25) is 10.0 Å². The minimum absolute atomic E-state index is 0.423. The molecule has 7 heteroatoms. The van der Waals surface area contributed by atoms with E-state index in [1.165, 1.54) is 0 Å². The fourth-order valence-electron chi connectivity index (χ4n) is 2.23. The van der Waals surface area contributed by atoms with Gasteiger partial charge in [0.25, 0.3) is 0 Å². The highest BCUT2D eigenvalue weighted by Gasteiger charge is 2.12. The van der Waals surface area contributed by atoms with Crippen LogP contribution in [0.3, 0.4) is 0 Å². The highest BCUT2D eigenvalue weighted by molar-refractivity contribution is 7.88. The molecule has 0 spiro atoms. The number of halogens is 2. The van der Waals surface area contributed by atoms with Crippen molar-refractivity contribution < 1.29 is 8.42 Å². The average molecular weight is 335 g/mol. The van der Waals surface area contributed by atoms with E-state index in [0.717, 1.165) is 41.3 Å². The summed E-state index contributed by atoms with van der Waals surface area (Å²) >= 11 is 12.2. The highest BCUT2D eigenvalue weighted by atomic mass is 35.5. The van der Waals surface area contributed by atoms with Gasteiger partial charge in [0, 0.05) is 17.6 Å². The van der Waals surface area contributed by atoms with E-state index in [1.807, 2.05) is 13.0 Å². The van der Waals surface area contributed by atoms with Crippen LogP contribution < -0.4 is 4.72 Å². The Balaban J connectivity index is 2.18. The Morgan fingerprint density at radius 2 is 2.00 bits per heavy atom. The number of rotatable bonds is 5. The van der Waals surface area contributed by atoms with E-state index in [4.69, 9.17) is 23.2 Å². The van der Waals surface area contributed by atoms with E-state index in [-0.39, 0.29) is 0 Å². The summed E-state index contributed by atoms with van der Waals surface area (Å²) in [5.41, 5.74) is 3.01. The zero-order valence-electron chi connectivity index (χ0n) is 11.3. The largest absolute Gasteiger partial charge is 0.357 e. The summed E-state index contributed by atoms with van der Waals surface area (Å²) in [5.74, 6) is 0. The average Bonchev–Trinajstić information content (AvgIpc) is 2.66. The van der Waals surface area contributed by atoms with Crippen LogP contribution in [0, 0.1) is 6.92 Å². The molecule has 1 heterocycles. The number of nitrogens with one attached hydrogen (secondary N) is 2. The second-order valence-electron chi connectivity index (χ2n) is 4.78. The van der Waals surface area contributed by atoms with Gasteiger partial charge < -0.3 is 4.98 Å². The van der Waals surface area contributed by atoms with Crippen LogP contribution in [0.2, 0.25) is 10.0 Å². The van der Waals surface area contributed by atoms with Crippen LogP contribution in [0.5, 0.6) is 0 Å². The molecule has 0 atom stereocenters. The lowest BCUT2D eigenvalue weighted by Crippen LogP contribution is -2.23. The predicted octanol–water partition coefficient (Wildman–Crippen LogP) is 3.26. The smallest absolute Gasteiger partial charge is 0.208 e. The molecular formula is C13H16Cl2N2O2S. The second kappa shape index (κ2) is 5.93. The zero-order valence-corrected chi connectivity index (χ0v) is 13.6. The number of aromatic nitrogens is 1. The number of aromatic amines is 1. The maximum absolute atomic E-state index is 11.0. The Morgan fingerprint density at radius 1 is 1.30 bits per heavy atom. The summed E-state index contributed by atoms with van der Waals surface area (Å²) in [5, 5.41) is 2.08. The van der Waals surface area contributed by atoms with Crippen molar-refractivity contribution >= 4 is 44.1 Å². The molecule has 0 fully saturated rings. The number of aryl methyl sites for hydroxylation is 2. The van der Waals surface area contributed by atoms with Gasteiger partial charge in [0.1, 0.15) is 0 Å². The fraction of sp³-hybridized carbons (Fsp3) is 0.385. The van der Waals surface area contributed by atoms with Gasteiger partial charge in [0.15, 0.2) is 0 Å². The van der Waals surface area contributed by atoms with Crippen LogP contribution in [0.1, 0.15) is 17.7 Å². The van der Waals surface area contributed by atoms with Crippen LogP contribution in [0.15, 0.2) is 12.1 Å². The second-order valence-corrected chi connectivity index (χ2v) is 7.40. The van der Waals surface area contributed by atoms with Crippen molar-refractivity contribution in [3.63, 3.8) is 0 Å². The van der Waals surface area contributed by atoms with Crippen LogP contribution in [0.25, 0.3) is 10.9 Å². The van der Waals surface area contributed by atoms with Crippen LogP contribution in [-0.4, -0.2) is 26.2 Å². The zero-order chi connectivity index (χ0) is 14.9. The Morgan fingerprint density at radius 3 is 2.65 bits per heavy atom. The minimum atomic E-state index is -3.13. The molecule has 4 nitrogen and oxygen atoms in total. The Kier molecular flexibility index (Phi) is 4.64. The summed E-state index contributed by atoms with van der Waals surface area (Å²) in [6.07, 6.45) is 2.65. The van der Waals surface area contributed by atoms with Gasteiger partial charge in [-0.25, -0.2) is 13.1 Å². The van der Waals surface area contributed by atoms with Gasteiger partial charge in [0.05, 0.1) is 21.8 Å². The monoisotopic (exact) mass is 334 g/mol. The first kappa shape index (κ1) is 15.6. The third kappa shape index (κ3) is 3.47. The maximum Gasteiger partial charge on any atom is 0.208 e. The normalized spacial score (nSPS) is 12.2. The molecule has 2 rings (SSSR count). The van der Waals surface area contributed by atoms with Crippen molar-refractivity contribution in [2.24, 2.45) is 0 Å². The van der Waals surface area contributed by atoms with E-state index in [0.29, 0.717) is 16.6 Å². The number of fused-ring (bicyclic) bond motifs is 1. The van der Waals surface area contributed by atoms with Crippen molar-refractivity contribution in [3.05, 3.63) is 33.4 Å². The minimum Gasteiger partial charge on any atom is -0.357 e. The topological polar surface area (TPSA) is 62.0 Å². The molecule has 0 aliphatic rings. The summed E-state index contributed by atoms with van der Waals surface area (Å²) in [6.45, 7) is 2.40. The van der Waals surface area contributed by atoms with E-state index < -0.39 is 10.0 Å². The quantitative estimate of drug-likeness (QED) is 0.824. The first-order valence-electron chi connectivity index (χ1n) is 6.19. The first-order valence-corrected chi connectivity index (χ1v) is 8.84. The highest BCUT2D eigenvalue weighted by Crippen LogP contribution is 2.33. The molecule has 20 heavy (non-hydrogen) atoms. The van der Waals surface area contributed by atoms with Crippen molar-refractivity contribution in [2.75, 3.05) is 12.8 Å². The molecule has 0 saturated carbocycles. The van der Waals surface area contributed by atoms with Gasteiger partial charge >= 0.3 is 0 Å². The molecule has 0 aliphatic carbocycles. The molecule has 1 aromatic heterocycles. The lowest BCUT2D eigenvalue weighted by Gasteiger charge is -2.04. The summed E-state index contributed by atoms with van der Waals surface area (Å²) in [4.78, 5) is 3.24. The molecule has 110 valence electrons. The molecule has 0 amide bonds. The van der Waals surface area contributed by atoms with Crippen LogP contribution >= 0.6 is 23.2 Å². The lowest BCUT2D eigenvalue weighted by molar-refractivity contribution is 0.585. The Bertz CT molecular complexity index is 738. The molecule has 2 aromatic rings. The maximum atomic E-state index is 11.0. The molecule has 0 bridgehead atoms. The molecule has 2 N–H and O–H groups in total. The molecule has 0 saturated heterocycles. The number of benzene rings is 1. The van der Waals surface area contributed by atoms with Crippen molar-refractivity contribution in [1.82, 2.24) is 9.71 Å². The number of hydrogen-bond acceptors (Lipinski definition) is 2. The summed E-state index contributed by atoms with van der Waals surface area (Å²) in [7, 11) is -3.13. The summed E-state index contributed by atoms with van der Waals surface area (Å²) in [6, 6.07) is 3.71. The van der Waals surface area contributed by atoms with E-state index in [1.54, 1.807) is 6.07 Å². The van der Waals surface area contributed by atoms with Gasteiger partial charge in [-0.1, -0.05) is 29.3 Å². The van der Waals surface area contributed by atoms with Gasteiger partial charge in [-0.3, -0.25) is 0 Å². The van der Waals surface area contributed by atoms with Gasteiger partial charge in [-0.2, -0.15) is 0 Å². The third-order valence-electron chi connectivity index (χ3n) is 3.15. The molecule has 1 aromatic carbocycles. The fourth-order valence-corrected chi connectivity index (χ4v) is 3.12. The van der Waals surface area contributed by atoms with Gasteiger partial charge in [-0.05, 0) is 31.4 Å². The molecule has 0 unspecified atom stereocenters.